The normalized spacial score (nSPS) is 12.3. The molecule has 0 amide bonds. The first kappa shape index (κ1) is 16.4. The molecule has 0 unspecified atom stereocenters. The van der Waals surface area contributed by atoms with Gasteiger partial charge in [-0.2, -0.15) is 0 Å². The van der Waals surface area contributed by atoms with E-state index in [1.165, 1.54) is 7.11 Å². The monoisotopic (exact) mass is 309 g/mol. The van der Waals surface area contributed by atoms with Crippen molar-refractivity contribution in [3.63, 3.8) is 0 Å². The summed E-state index contributed by atoms with van der Waals surface area (Å²) in [5, 5.41) is 0. The Morgan fingerprint density at radius 1 is 1.09 bits per heavy atom. The summed E-state index contributed by atoms with van der Waals surface area (Å²) in [6.45, 7) is 1.67. The van der Waals surface area contributed by atoms with E-state index in [4.69, 9.17) is 9.15 Å². The molecule has 0 saturated carbocycles. The molecule has 0 spiro atoms. The quantitative estimate of drug-likeness (QED) is 0.816. The molecular weight excluding hydrogens is 290 g/mol. The molecule has 0 radical (unpaired) electrons. The summed E-state index contributed by atoms with van der Waals surface area (Å²) < 4.78 is 10.3. The van der Waals surface area contributed by atoms with E-state index in [0.29, 0.717) is 17.1 Å². The maximum Gasteiger partial charge on any atom is 0.342 e. The molecule has 4 heteroatoms. The topological polar surface area (TPSA) is 55.2 Å². The number of allylic oxidation sites excluding steroid dienone is 6. The van der Waals surface area contributed by atoms with Crippen molar-refractivity contribution in [1.82, 2.24) is 4.98 Å². The molecule has 0 aliphatic rings. The summed E-state index contributed by atoms with van der Waals surface area (Å²) >= 11 is 0. The zero-order valence-corrected chi connectivity index (χ0v) is 13.2. The fourth-order valence-electron chi connectivity index (χ4n) is 1.86. The van der Waals surface area contributed by atoms with E-state index in [0.717, 1.165) is 5.69 Å². The number of hydrogen-bond donors (Lipinski definition) is 1. The van der Waals surface area contributed by atoms with Gasteiger partial charge < -0.3 is 14.1 Å². The first-order valence-electron chi connectivity index (χ1n) is 7.21. The van der Waals surface area contributed by atoms with E-state index >= 15 is 0 Å². The van der Waals surface area contributed by atoms with Crippen LogP contribution in [0.25, 0.3) is 12.2 Å². The Hall–Kier alpha value is -3.01. The predicted octanol–water partition coefficient (Wildman–Crippen LogP) is 4.12. The summed E-state index contributed by atoms with van der Waals surface area (Å²) in [6.07, 6.45) is 16.9. The van der Waals surface area contributed by atoms with Crippen molar-refractivity contribution in [2.24, 2.45) is 0 Å². The molecule has 0 aromatic carbocycles. The highest BCUT2D eigenvalue weighted by atomic mass is 16.5. The molecule has 2 aromatic heterocycles. The number of aromatic amines is 1. The second kappa shape index (κ2) is 8.44. The first-order chi connectivity index (χ1) is 11.2. The molecule has 0 fully saturated rings. The van der Waals surface area contributed by atoms with Crippen LogP contribution in [0.2, 0.25) is 0 Å². The van der Waals surface area contributed by atoms with Crippen LogP contribution in [0, 0.1) is 6.92 Å². The lowest BCUT2D eigenvalue weighted by molar-refractivity contribution is 0.395. The largest absolute Gasteiger partial charge is 0.496 e. The zero-order valence-electron chi connectivity index (χ0n) is 13.2. The van der Waals surface area contributed by atoms with Crippen LogP contribution in [-0.2, 0) is 0 Å². The molecule has 1 N–H and O–H groups in total. The summed E-state index contributed by atoms with van der Waals surface area (Å²) in [5.74, 6) is 0.983. The SMILES string of the molecule is COc1cc(/C=C/C=C/C=C/C=C/c2ccc[nH]2)oc(=O)c1C. The average Bonchev–Trinajstić information content (AvgIpc) is 3.06. The van der Waals surface area contributed by atoms with E-state index in [2.05, 4.69) is 4.98 Å². The van der Waals surface area contributed by atoms with E-state index in [-0.39, 0.29) is 5.63 Å². The van der Waals surface area contributed by atoms with Crippen molar-refractivity contribution in [2.75, 3.05) is 7.11 Å². The third-order valence-electron chi connectivity index (χ3n) is 3.09. The molecule has 2 rings (SSSR count). The fourth-order valence-corrected chi connectivity index (χ4v) is 1.86. The van der Waals surface area contributed by atoms with E-state index in [9.17, 15) is 4.79 Å². The number of hydrogen-bond acceptors (Lipinski definition) is 3. The van der Waals surface area contributed by atoms with Gasteiger partial charge in [-0.15, -0.1) is 0 Å². The van der Waals surface area contributed by atoms with Gasteiger partial charge in [0, 0.05) is 18.0 Å². The molecule has 118 valence electrons. The number of aromatic nitrogens is 1. The average molecular weight is 309 g/mol. The van der Waals surface area contributed by atoms with Crippen molar-refractivity contribution in [1.29, 1.82) is 0 Å². The lowest BCUT2D eigenvalue weighted by atomic mass is 10.2. The van der Waals surface area contributed by atoms with Gasteiger partial charge in [-0.05, 0) is 31.2 Å². The zero-order chi connectivity index (χ0) is 16.5. The fraction of sp³-hybridized carbons (Fsp3) is 0.105. The van der Waals surface area contributed by atoms with Gasteiger partial charge in [-0.25, -0.2) is 4.79 Å². The lowest BCUT2D eigenvalue weighted by Crippen LogP contribution is -2.05. The van der Waals surface area contributed by atoms with Crippen molar-refractivity contribution in [3.8, 4) is 5.75 Å². The second-order valence-corrected chi connectivity index (χ2v) is 4.74. The first-order valence-corrected chi connectivity index (χ1v) is 7.21. The summed E-state index contributed by atoms with van der Waals surface area (Å²) in [4.78, 5) is 14.7. The van der Waals surface area contributed by atoms with Crippen LogP contribution in [-0.4, -0.2) is 12.1 Å². The van der Waals surface area contributed by atoms with Crippen LogP contribution >= 0.6 is 0 Å². The Morgan fingerprint density at radius 2 is 1.78 bits per heavy atom. The summed E-state index contributed by atoms with van der Waals surface area (Å²) in [5.41, 5.74) is 1.14. The van der Waals surface area contributed by atoms with Crippen LogP contribution in [0.4, 0.5) is 0 Å². The Morgan fingerprint density at radius 3 is 2.43 bits per heavy atom. The van der Waals surface area contributed by atoms with Crippen LogP contribution < -0.4 is 10.4 Å². The summed E-state index contributed by atoms with van der Waals surface area (Å²) in [6, 6.07) is 5.63. The smallest absolute Gasteiger partial charge is 0.342 e. The van der Waals surface area contributed by atoms with Crippen molar-refractivity contribution < 1.29 is 9.15 Å². The van der Waals surface area contributed by atoms with Crippen molar-refractivity contribution in [3.05, 3.63) is 88.3 Å². The third kappa shape index (κ3) is 5.04. The number of H-pyrrole nitrogens is 1. The van der Waals surface area contributed by atoms with Crippen LogP contribution in [0.1, 0.15) is 17.0 Å². The summed E-state index contributed by atoms with van der Waals surface area (Å²) in [7, 11) is 1.53. The molecule has 4 nitrogen and oxygen atoms in total. The van der Waals surface area contributed by atoms with Crippen LogP contribution in [0.3, 0.4) is 0 Å². The minimum atomic E-state index is -0.387. The molecule has 0 saturated heterocycles. The van der Waals surface area contributed by atoms with Gasteiger partial charge in [0.1, 0.15) is 11.5 Å². The highest BCUT2D eigenvalue weighted by molar-refractivity contribution is 5.49. The number of rotatable bonds is 6. The highest BCUT2D eigenvalue weighted by Gasteiger charge is 2.05. The van der Waals surface area contributed by atoms with Gasteiger partial charge in [0.2, 0.25) is 0 Å². The Labute approximate surface area is 135 Å². The predicted molar refractivity (Wildman–Crippen MR) is 93.4 cm³/mol. The number of nitrogens with one attached hydrogen (secondary N) is 1. The molecule has 23 heavy (non-hydrogen) atoms. The second-order valence-electron chi connectivity index (χ2n) is 4.74. The lowest BCUT2D eigenvalue weighted by Gasteiger charge is -2.02. The van der Waals surface area contributed by atoms with Gasteiger partial charge in [-0.3, -0.25) is 0 Å². The highest BCUT2D eigenvalue weighted by Crippen LogP contribution is 2.16. The maximum atomic E-state index is 11.6. The molecule has 0 aliphatic carbocycles. The third-order valence-corrected chi connectivity index (χ3v) is 3.09. The minimum absolute atomic E-state index is 0.387. The Bertz CT molecular complexity index is 791. The van der Waals surface area contributed by atoms with Crippen LogP contribution in [0.15, 0.2) is 70.1 Å². The standard InChI is InChI=1S/C19H19NO3/c1-15-18(22-2)14-17(23-19(15)21)12-8-6-4-3-5-7-10-16-11-9-13-20-16/h3-14,20H,1-2H3/b5-3+,6-4+,10-7+,12-8+. The van der Waals surface area contributed by atoms with Gasteiger partial charge in [0.05, 0.1) is 12.7 Å². The molecule has 0 aliphatic heterocycles. The molecule has 0 bridgehead atoms. The molecule has 2 heterocycles. The number of ether oxygens (including phenoxy) is 1. The van der Waals surface area contributed by atoms with Gasteiger partial charge in [0.25, 0.3) is 0 Å². The van der Waals surface area contributed by atoms with E-state index in [1.54, 1.807) is 25.1 Å². The molecule has 2 aromatic rings. The Kier molecular flexibility index (Phi) is 6.00. The number of methoxy groups -OCH3 is 1. The van der Waals surface area contributed by atoms with Gasteiger partial charge in [0.15, 0.2) is 0 Å². The maximum absolute atomic E-state index is 11.6. The van der Waals surface area contributed by atoms with Gasteiger partial charge in [-0.1, -0.05) is 36.5 Å². The van der Waals surface area contributed by atoms with Crippen molar-refractivity contribution in [2.45, 2.75) is 6.92 Å². The van der Waals surface area contributed by atoms with E-state index < -0.39 is 0 Å². The molecular formula is C19H19NO3. The minimum Gasteiger partial charge on any atom is -0.496 e. The Balaban J connectivity index is 1.91. The van der Waals surface area contributed by atoms with Crippen molar-refractivity contribution >= 4 is 12.2 Å². The van der Waals surface area contributed by atoms with Gasteiger partial charge >= 0.3 is 5.63 Å². The van der Waals surface area contributed by atoms with E-state index in [1.807, 2.05) is 54.8 Å². The van der Waals surface area contributed by atoms with Crippen LogP contribution in [0.5, 0.6) is 5.75 Å². The molecule has 0 atom stereocenters.